The van der Waals surface area contributed by atoms with E-state index < -0.39 is 17.3 Å². The highest BCUT2D eigenvalue weighted by Gasteiger charge is 2.15. The molecule has 0 fully saturated rings. The Morgan fingerprint density at radius 2 is 2.16 bits per heavy atom. The van der Waals surface area contributed by atoms with Gasteiger partial charge >= 0.3 is 5.97 Å². The molecule has 2 rings (SSSR count). The molecule has 0 saturated heterocycles. The minimum atomic E-state index is -1.35. The molecular weight excluding hydrogens is 385 g/mol. The van der Waals surface area contributed by atoms with Crippen LogP contribution >= 0.6 is 34.2 Å². The second-order valence-electron chi connectivity index (χ2n) is 3.58. The van der Waals surface area contributed by atoms with Gasteiger partial charge in [0.05, 0.1) is 10.7 Å². The molecule has 0 aliphatic carbocycles. The Balaban J connectivity index is 2.38. The first kappa shape index (κ1) is 14.0. The molecule has 2 N–H and O–H groups in total. The topological polar surface area (TPSA) is 62.2 Å². The van der Waals surface area contributed by atoms with E-state index in [1.165, 1.54) is 6.20 Å². The van der Waals surface area contributed by atoms with E-state index in [-0.39, 0.29) is 5.82 Å². The Morgan fingerprint density at radius 1 is 1.42 bits per heavy atom. The van der Waals surface area contributed by atoms with Crippen molar-refractivity contribution >= 4 is 51.7 Å². The zero-order chi connectivity index (χ0) is 14.0. The number of carbonyl (C=O) groups is 1. The fraction of sp³-hybridized carbons (Fsp3) is 0. The van der Waals surface area contributed by atoms with E-state index in [1.54, 1.807) is 18.2 Å². The highest BCUT2D eigenvalue weighted by atomic mass is 127. The molecule has 0 aliphatic rings. The van der Waals surface area contributed by atoms with Crippen molar-refractivity contribution in [2.75, 3.05) is 5.32 Å². The van der Waals surface area contributed by atoms with E-state index in [4.69, 9.17) is 16.7 Å². The molecule has 1 aromatic heterocycles. The van der Waals surface area contributed by atoms with Crippen molar-refractivity contribution in [1.82, 2.24) is 4.98 Å². The van der Waals surface area contributed by atoms with Crippen LogP contribution in [-0.4, -0.2) is 16.1 Å². The molecule has 0 bridgehead atoms. The molecule has 0 aliphatic heterocycles. The van der Waals surface area contributed by atoms with Crippen molar-refractivity contribution in [2.45, 2.75) is 0 Å². The summed E-state index contributed by atoms with van der Waals surface area (Å²) < 4.78 is 14.8. The standard InChI is InChI=1S/C12H7ClFIN2O2/c13-8-5-6(15)1-2-9(8)17-11-10(14)7(12(18)19)3-4-16-11/h1-5H,(H,16,17)(H,18,19). The molecule has 19 heavy (non-hydrogen) atoms. The van der Waals surface area contributed by atoms with Crippen molar-refractivity contribution in [2.24, 2.45) is 0 Å². The van der Waals surface area contributed by atoms with E-state index in [0.717, 1.165) is 9.64 Å². The van der Waals surface area contributed by atoms with Gasteiger partial charge in [-0.25, -0.2) is 14.2 Å². The maximum atomic E-state index is 13.9. The number of nitrogens with one attached hydrogen (secondary N) is 1. The fourth-order valence-electron chi connectivity index (χ4n) is 1.41. The number of nitrogens with zero attached hydrogens (tertiary/aromatic N) is 1. The number of aromatic nitrogens is 1. The molecule has 0 atom stereocenters. The number of halogens is 3. The summed E-state index contributed by atoms with van der Waals surface area (Å²) in [6.45, 7) is 0. The molecule has 0 saturated carbocycles. The highest BCUT2D eigenvalue weighted by Crippen LogP contribution is 2.27. The third-order valence-electron chi connectivity index (χ3n) is 2.30. The Labute approximate surface area is 126 Å². The van der Waals surface area contributed by atoms with Crippen molar-refractivity contribution in [3.63, 3.8) is 0 Å². The Bertz CT molecular complexity index is 652. The van der Waals surface area contributed by atoms with Crippen LogP contribution in [0.3, 0.4) is 0 Å². The Morgan fingerprint density at radius 3 is 2.79 bits per heavy atom. The minimum absolute atomic E-state index is 0.178. The Hall–Kier alpha value is -1.41. The summed E-state index contributed by atoms with van der Waals surface area (Å²) in [6, 6.07) is 6.24. The summed E-state index contributed by atoms with van der Waals surface area (Å²) in [5, 5.41) is 11.9. The van der Waals surface area contributed by atoms with Crippen LogP contribution in [-0.2, 0) is 0 Å². The molecule has 2 aromatic rings. The van der Waals surface area contributed by atoms with E-state index in [2.05, 4.69) is 32.9 Å². The van der Waals surface area contributed by atoms with Gasteiger partial charge in [0.2, 0.25) is 0 Å². The first-order valence-corrected chi connectivity index (χ1v) is 6.54. The predicted molar refractivity (Wildman–Crippen MR) is 78.6 cm³/mol. The van der Waals surface area contributed by atoms with E-state index in [0.29, 0.717) is 10.7 Å². The number of hydrogen-bond donors (Lipinski definition) is 2. The van der Waals surface area contributed by atoms with Crippen LogP contribution in [0.1, 0.15) is 10.4 Å². The lowest BCUT2D eigenvalue weighted by Crippen LogP contribution is -2.05. The van der Waals surface area contributed by atoms with Crippen molar-refractivity contribution in [3.8, 4) is 0 Å². The smallest absolute Gasteiger partial charge is 0.338 e. The number of hydrogen-bond acceptors (Lipinski definition) is 3. The van der Waals surface area contributed by atoms with Crippen molar-refractivity contribution in [1.29, 1.82) is 0 Å². The van der Waals surface area contributed by atoms with Gasteiger partial charge in [-0.15, -0.1) is 0 Å². The summed E-state index contributed by atoms with van der Waals surface area (Å²) in [5.41, 5.74) is 0.00940. The zero-order valence-electron chi connectivity index (χ0n) is 9.32. The molecule has 1 aromatic carbocycles. The SMILES string of the molecule is O=C(O)c1ccnc(Nc2ccc(I)cc2Cl)c1F. The van der Waals surface area contributed by atoms with Crippen molar-refractivity contribution < 1.29 is 14.3 Å². The summed E-state index contributed by atoms with van der Waals surface area (Å²) in [4.78, 5) is 14.6. The number of anilines is 2. The van der Waals surface area contributed by atoms with Gasteiger partial charge in [0.25, 0.3) is 0 Å². The number of aromatic carboxylic acids is 1. The average Bonchev–Trinajstić information content (AvgIpc) is 2.34. The second kappa shape index (κ2) is 5.70. The number of pyridine rings is 1. The maximum Gasteiger partial charge on any atom is 0.338 e. The molecular formula is C12H7ClFIN2O2. The number of benzene rings is 1. The first-order valence-electron chi connectivity index (χ1n) is 5.09. The van der Waals surface area contributed by atoms with E-state index in [1.807, 2.05) is 0 Å². The number of carboxylic acids is 1. The zero-order valence-corrected chi connectivity index (χ0v) is 12.2. The van der Waals surface area contributed by atoms with Gasteiger partial charge < -0.3 is 10.4 Å². The van der Waals surface area contributed by atoms with E-state index >= 15 is 0 Å². The van der Waals surface area contributed by atoms with Crippen LogP contribution in [0.25, 0.3) is 0 Å². The predicted octanol–water partition coefficient (Wildman–Crippen LogP) is 3.92. The van der Waals surface area contributed by atoms with Crippen LogP contribution < -0.4 is 5.32 Å². The number of carboxylic acid groups (broad SMARTS) is 1. The van der Waals surface area contributed by atoms with Gasteiger partial charge in [-0.2, -0.15) is 0 Å². The normalized spacial score (nSPS) is 10.3. The van der Waals surface area contributed by atoms with Crippen LogP contribution in [0.15, 0.2) is 30.5 Å². The van der Waals surface area contributed by atoms with Crippen LogP contribution in [0, 0.1) is 9.39 Å². The molecule has 0 radical (unpaired) electrons. The van der Waals surface area contributed by atoms with Crippen LogP contribution in [0.4, 0.5) is 15.9 Å². The third-order valence-corrected chi connectivity index (χ3v) is 3.29. The third kappa shape index (κ3) is 3.13. The van der Waals surface area contributed by atoms with Gasteiger partial charge in [-0.1, -0.05) is 11.6 Å². The van der Waals surface area contributed by atoms with E-state index in [9.17, 15) is 9.18 Å². The Kier molecular flexibility index (Phi) is 4.20. The molecule has 4 nitrogen and oxygen atoms in total. The quantitative estimate of drug-likeness (QED) is 0.777. The largest absolute Gasteiger partial charge is 0.478 e. The molecule has 1 heterocycles. The summed E-state index contributed by atoms with van der Waals surface area (Å²) in [5.74, 6) is -2.45. The summed E-state index contributed by atoms with van der Waals surface area (Å²) in [7, 11) is 0. The van der Waals surface area contributed by atoms with Gasteiger partial charge in [0.15, 0.2) is 11.6 Å². The van der Waals surface area contributed by atoms with Gasteiger partial charge in [-0.3, -0.25) is 0 Å². The molecule has 0 spiro atoms. The summed E-state index contributed by atoms with van der Waals surface area (Å²) >= 11 is 8.09. The molecule has 7 heteroatoms. The lowest BCUT2D eigenvalue weighted by atomic mass is 10.2. The lowest BCUT2D eigenvalue weighted by molar-refractivity contribution is 0.0692. The monoisotopic (exact) mass is 392 g/mol. The first-order chi connectivity index (χ1) is 8.99. The molecule has 0 unspecified atom stereocenters. The van der Waals surface area contributed by atoms with Crippen molar-refractivity contribution in [3.05, 3.63) is 50.4 Å². The average molecular weight is 393 g/mol. The molecule has 0 amide bonds. The lowest BCUT2D eigenvalue weighted by Gasteiger charge is -2.09. The van der Waals surface area contributed by atoms with Gasteiger partial charge in [0.1, 0.15) is 5.56 Å². The van der Waals surface area contributed by atoms with Gasteiger partial charge in [-0.05, 0) is 46.9 Å². The fourth-order valence-corrected chi connectivity index (χ4v) is 2.32. The number of rotatable bonds is 3. The summed E-state index contributed by atoms with van der Waals surface area (Å²) in [6.07, 6.45) is 1.22. The van der Waals surface area contributed by atoms with Gasteiger partial charge in [0, 0.05) is 9.77 Å². The second-order valence-corrected chi connectivity index (χ2v) is 5.23. The minimum Gasteiger partial charge on any atom is -0.478 e. The van der Waals surface area contributed by atoms with Crippen LogP contribution in [0.2, 0.25) is 5.02 Å². The maximum absolute atomic E-state index is 13.9. The molecule has 98 valence electrons. The van der Waals surface area contributed by atoms with Crippen LogP contribution in [0.5, 0.6) is 0 Å². The highest BCUT2D eigenvalue weighted by molar-refractivity contribution is 14.1.